The van der Waals surface area contributed by atoms with Crippen LogP contribution in [0.3, 0.4) is 0 Å². The highest BCUT2D eigenvalue weighted by Gasteiger charge is 2.53. The maximum Gasteiger partial charge on any atom is 0.167 e. The summed E-state index contributed by atoms with van der Waals surface area (Å²) < 4.78 is 7.98. The number of benzene rings is 10. The Labute approximate surface area is 480 Å². The molecule has 2 aliphatic carbocycles. The second-order valence-electron chi connectivity index (χ2n) is 21.8. The zero-order valence-electron chi connectivity index (χ0n) is 46.3. The van der Waals surface area contributed by atoms with Crippen LogP contribution in [0.2, 0.25) is 0 Å². The lowest BCUT2D eigenvalue weighted by Gasteiger charge is -2.42. The maximum atomic E-state index is 7.98. The van der Waals surface area contributed by atoms with Gasteiger partial charge in [0.15, 0.2) is 17.5 Å². The van der Waals surface area contributed by atoms with Gasteiger partial charge in [0.2, 0.25) is 0 Å². The Morgan fingerprint density at radius 3 is 1.55 bits per heavy atom. The fraction of sp³-hybridized carbons (Fsp3) is 0.0897. The van der Waals surface area contributed by atoms with Crippen LogP contribution in [0.1, 0.15) is 71.2 Å². The lowest BCUT2D eigenvalue weighted by atomic mass is 9.63. The van der Waals surface area contributed by atoms with Gasteiger partial charge in [-0.3, -0.25) is 0 Å². The van der Waals surface area contributed by atoms with E-state index in [9.17, 15) is 0 Å². The Morgan fingerprint density at radius 1 is 0.439 bits per heavy atom. The monoisotopic (exact) mass is 1050 g/mol. The Balaban J connectivity index is 1.09. The van der Waals surface area contributed by atoms with Crippen molar-refractivity contribution in [2.24, 2.45) is 0 Å². The summed E-state index contributed by atoms with van der Waals surface area (Å²) >= 11 is 0. The first-order valence-electron chi connectivity index (χ1n) is 28.5. The van der Waals surface area contributed by atoms with Crippen LogP contribution in [0.5, 0.6) is 11.5 Å². The molecule has 11 aromatic rings. The Kier molecular flexibility index (Phi) is 12.8. The molecule has 4 heteroatoms. The van der Waals surface area contributed by atoms with Crippen LogP contribution < -0.4 is 4.74 Å². The Morgan fingerprint density at radius 2 is 0.939 bits per heavy atom. The molecule has 2 atom stereocenters. The minimum Gasteiger partial charge on any atom is -0.455 e. The molecular formula is C78H59N3O. The first kappa shape index (κ1) is 50.2. The van der Waals surface area contributed by atoms with Crippen molar-refractivity contribution in [1.82, 2.24) is 15.0 Å². The highest BCUT2D eigenvalue weighted by Crippen LogP contribution is 2.65. The van der Waals surface area contributed by atoms with Crippen molar-refractivity contribution in [3.63, 3.8) is 0 Å². The summed E-state index contributed by atoms with van der Waals surface area (Å²) in [5.41, 5.74) is 23.4. The standard InChI is InChI=1S/C78H59N3O/c1-5-24-50(3)61-46-67(60-41-40-59-43-62(53-28-14-8-15-29-53)42-58-39-38-57(44-65(58)66(59)45-60)52-26-12-7-13-27-52)73-71(48-61)78(69(25-6-2)51(4)64-36-22-23-37-70(64)78)72-49-63(54-30-16-9-17-31-54)47-68(74(72)82-73)77-80-75(55-32-18-10-19-33-55)79-76(81-77)56-34-20-11-21-35-56/h5-41,44-49,62H,3,42-43H2,1-2,4H3. The smallest absolute Gasteiger partial charge is 0.167 e. The minimum atomic E-state index is -0.889. The van der Waals surface area contributed by atoms with Crippen molar-refractivity contribution < 1.29 is 4.74 Å². The van der Waals surface area contributed by atoms with Gasteiger partial charge in [-0.2, -0.15) is 0 Å². The second-order valence-corrected chi connectivity index (χ2v) is 21.8. The largest absolute Gasteiger partial charge is 0.455 e. The average molecular weight is 1050 g/mol. The number of fused-ring (bicyclic) bond motifs is 9. The third-order valence-corrected chi connectivity index (χ3v) is 17.0. The third-order valence-electron chi connectivity index (χ3n) is 17.0. The molecule has 1 aromatic heterocycles. The van der Waals surface area contributed by atoms with E-state index in [1.807, 2.05) is 36.4 Å². The number of hydrogen-bond acceptors (Lipinski definition) is 4. The number of allylic oxidation sites excluding steroid dienone is 7. The van der Waals surface area contributed by atoms with Crippen LogP contribution in [-0.2, 0) is 18.3 Å². The van der Waals surface area contributed by atoms with Crippen molar-refractivity contribution in [1.29, 1.82) is 0 Å². The van der Waals surface area contributed by atoms with Gasteiger partial charge in [-0.15, -0.1) is 0 Å². The molecule has 4 nitrogen and oxygen atoms in total. The van der Waals surface area contributed by atoms with Gasteiger partial charge < -0.3 is 4.74 Å². The normalized spacial score (nSPS) is 15.8. The summed E-state index contributed by atoms with van der Waals surface area (Å²) in [6.45, 7) is 11.2. The van der Waals surface area contributed by atoms with E-state index in [1.165, 1.54) is 61.2 Å². The fourth-order valence-corrected chi connectivity index (χ4v) is 13.1. The Hall–Kier alpha value is -10.0. The van der Waals surface area contributed by atoms with E-state index in [-0.39, 0.29) is 0 Å². The minimum absolute atomic E-state index is 0.302. The highest BCUT2D eigenvalue weighted by atomic mass is 16.5. The lowest BCUT2D eigenvalue weighted by Crippen LogP contribution is -2.33. The number of aromatic nitrogens is 3. The quantitative estimate of drug-likeness (QED) is 0.128. The molecule has 0 saturated heterocycles. The molecule has 14 rings (SSSR count). The molecule has 2 heterocycles. The maximum absolute atomic E-state index is 7.98. The van der Waals surface area contributed by atoms with Gasteiger partial charge in [0.05, 0.1) is 11.0 Å². The summed E-state index contributed by atoms with van der Waals surface area (Å²) in [6.07, 6.45) is 10.5. The molecule has 1 spiro atoms. The first-order chi connectivity index (χ1) is 40.4. The molecule has 392 valence electrons. The van der Waals surface area contributed by atoms with Crippen molar-refractivity contribution >= 4 is 11.1 Å². The molecule has 0 N–H and O–H groups in total. The van der Waals surface area contributed by atoms with Crippen LogP contribution in [0.25, 0.3) is 89.8 Å². The zero-order chi connectivity index (χ0) is 55.3. The van der Waals surface area contributed by atoms with Crippen molar-refractivity contribution in [3.05, 3.63) is 318 Å². The van der Waals surface area contributed by atoms with Gasteiger partial charge in [0.1, 0.15) is 11.5 Å². The van der Waals surface area contributed by atoms with Gasteiger partial charge in [0, 0.05) is 27.8 Å². The molecule has 10 aromatic carbocycles. The first-order valence-corrected chi connectivity index (χ1v) is 28.5. The van der Waals surface area contributed by atoms with Gasteiger partial charge in [-0.25, -0.2) is 15.0 Å². The summed E-state index contributed by atoms with van der Waals surface area (Å²) in [7, 11) is 0. The lowest BCUT2D eigenvalue weighted by molar-refractivity contribution is 0.439. The molecule has 0 amide bonds. The summed E-state index contributed by atoms with van der Waals surface area (Å²) in [6, 6.07) is 85.4. The second kappa shape index (κ2) is 20.9. The summed E-state index contributed by atoms with van der Waals surface area (Å²) in [5, 5.41) is 0. The van der Waals surface area contributed by atoms with Gasteiger partial charge in [0.25, 0.3) is 0 Å². The molecule has 0 radical (unpaired) electrons. The summed E-state index contributed by atoms with van der Waals surface area (Å²) in [4.78, 5) is 16.1. The molecule has 0 bridgehead atoms. The fourth-order valence-electron chi connectivity index (χ4n) is 13.1. The van der Waals surface area contributed by atoms with Crippen molar-refractivity contribution in [3.8, 4) is 90.2 Å². The van der Waals surface area contributed by atoms with Crippen LogP contribution in [0, 0.1) is 0 Å². The van der Waals surface area contributed by atoms with Crippen LogP contribution in [0.15, 0.2) is 273 Å². The molecule has 2 unspecified atom stereocenters. The van der Waals surface area contributed by atoms with Crippen LogP contribution in [-0.4, -0.2) is 15.0 Å². The highest BCUT2D eigenvalue weighted by molar-refractivity contribution is 5.96. The number of hydrogen-bond donors (Lipinski definition) is 0. The molecule has 0 fully saturated rings. The van der Waals surface area contributed by atoms with E-state index < -0.39 is 5.41 Å². The Bertz CT molecular complexity index is 4330. The van der Waals surface area contributed by atoms with Gasteiger partial charge >= 0.3 is 0 Å². The van der Waals surface area contributed by atoms with Gasteiger partial charge in [-0.05, 0) is 165 Å². The van der Waals surface area contributed by atoms with E-state index in [0.29, 0.717) is 29.1 Å². The van der Waals surface area contributed by atoms with E-state index in [4.69, 9.17) is 26.3 Å². The number of nitrogens with zero attached hydrogens (tertiary/aromatic N) is 3. The zero-order valence-corrected chi connectivity index (χ0v) is 46.3. The summed E-state index contributed by atoms with van der Waals surface area (Å²) in [5.74, 6) is 3.45. The topological polar surface area (TPSA) is 47.9 Å². The van der Waals surface area contributed by atoms with E-state index in [1.54, 1.807) is 0 Å². The predicted octanol–water partition coefficient (Wildman–Crippen LogP) is 19.8. The average Bonchev–Trinajstić information content (AvgIpc) is 3.27. The third kappa shape index (κ3) is 8.58. The number of rotatable bonds is 10. The van der Waals surface area contributed by atoms with Crippen molar-refractivity contribution in [2.45, 2.75) is 44.9 Å². The van der Waals surface area contributed by atoms with E-state index in [2.05, 4.69) is 245 Å². The number of ether oxygens (including phenoxy) is 1. The van der Waals surface area contributed by atoms with E-state index >= 15 is 0 Å². The molecule has 0 saturated carbocycles. The van der Waals surface area contributed by atoms with E-state index in [0.717, 1.165) is 79.8 Å². The van der Waals surface area contributed by atoms with Crippen LogP contribution >= 0.6 is 0 Å². The molecular weight excluding hydrogens is 995 g/mol. The van der Waals surface area contributed by atoms with Crippen molar-refractivity contribution in [2.75, 3.05) is 0 Å². The van der Waals surface area contributed by atoms with Gasteiger partial charge in [-0.1, -0.05) is 231 Å². The van der Waals surface area contributed by atoms with Crippen LogP contribution in [0.4, 0.5) is 0 Å². The molecule has 1 aliphatic heterocycles. The predicted molar refractivity (Wildman–Crippen MR) is 339 cm³/mol. The SMILES string of the molecule is C=C(C=CC)c1cc(-c2ccc3c(c2)-c2cc(-c4ccccc4)ccc2CC(c2ccccc2)C3)c2c(c1)C1(C(C=CC)=C(C)c3ccccc31)c1cc(-c3ccccc3)cc(-c3nc(-c4ccccc4)nc(-c4ccccc4)n3)c1O2. The molecule has 3 aliphatic rings. The molecule has 82 heavy (non-hydrogen) atoms.